The Hall–Kier alpha value is -2.94. The first kappa shape index (κ1) is 21.4. The van der Waals surface area contributed by atoms with E-state index in [1.54, 1.807) is 6.07 Å². The highest BCUT2D eigenvalue weighted by Gasteiger charge is 2.31. The van der Waals surface area contributed by atoms with Crippen LogP contribution in [0.5, 0.6) is 11.5 Å². The Morgan fingerprint density at radius 2 is 1.79 bits per heavy atom. The van der Waals surface area contributed by atoms with E-state index < -0.39 is 23.9 Å². The molecule has 0 aliphatic rings. The molecule has 2 aromatic carbocycles. The molecule has 0 spiro atoms. The van der Waals surface area contributed by atoms with E-state index in [9.17, 15) is 22.8 Å². The number of hydrogen-bond donors (Lipinski definition) is 1. The van der Waals surface area contributed by atoms with Gasteiger partial charge >= 0.3 is 6.36 Å². The normalized spacial score (nSPS) is 10.9. The molecule has 0 heterocycles. The van der Waals surface area contributed by atoms with E-state index >= 15 is 0 Å². The number of halogens is 4. The number of methoxy groups -OCH3 is 1. The van der Waals surface area contributed by atoms with E-state index in [2.05, 4.69) is 10.1 Å². The lowest BCUT2D eigenvalue weighted by atomic mass is 10.1. The zero-order valence-electron chi connectivity index (χ0n) is 14.8. The molecule has 0 radical (unpaired) electrons. The number of anilines is 1. The minimum absolute atomic E-state index is 0.193. The van der Waals surface area contributed by atoms with E-state index in [1.165, 1.54) is 38.4 Å². The van der Waals surface area contributed by atoms with Crippen LogP contribution in [0.2, 0.25) is 5.02 Å². The molecule has 0 aliphatic carbocycles. The Labute approximate surface area is 163 Å². The summed E-state index contributed by atoms with van der Waals surface area (Å²) in [6.07, 6.45) is -4.80. The maximum absolute atomic E-state index is 12.5. The number of benzene rings is 2. The van der Waals surface area contributed by atoms with Crippen LogP contribution in [0.4, 0.5) is 18.9 Å². The van der Waals surface area contributed by atoms with Gasteiger partial charge in [-0.15, -0.1) is 13.2 Å². The van der Waals surface area contributed by atoms with Crippen LogP contribution in [0.25, 0.3) is 0 Å². The van der Waals surface area contributed by atoms with E-state index in [4.69, 9.17) is 16.3 Å². The standard InChI is InChI=1S/C18H16ClF3N2O4/c1-24(17(26)14-9-11(19)3-8-15(14)27-2)10-16(25)23-12-4-6-13(7-5-12)28-18(20,21)22/h3-9H,10H2,1-2H3,(H,23,25). The van der Waals surface area contributed by atoms with Crippen LogP contribution < -0.4 is 14.8 Å². The third-order valence-electron chi connectivity index (χ3n) is 3.49. The molecule has 0 unspecified atom stereocenters. The molecule has 2 amide bonds. The Bertz CT molecular complexity index is 857. The number of carbonyl (C=O) groups excluding carboxylic acids is 2. The second kappa shape index (κ2) is 8.83. The number of nitrogens with zero attached hydrogens (tertiary/aromatic N) is 1. The quantitative estimate of drug-likeness (QED) is 0.774. The lowest BCUT2D eigenvalue weighted by molar-refractivity contribution is -0.274. The van der Waals surface area contributed by atoms with Gasteiger partial charge < -0.3 is 19.7 Å². The number of rotatable bonds is 6. The van der Waals surface area contributed by atoms with Gasteiger partial charge in [0.2, 0.25) is 5.91 Å². The summed E-state index contributed by atoms with van der Waals surface area (Å²) in [5.41, 5.74) is 0.444. The van der Waals surface area contributed by atoms with Gasteiger partial charge in [0.05, 0.1) is 19.2 Å². The van der Waals surface area contributed by atoms with Gasteiger partial charge in [-0.1, -0.05) is 11.6 Å². The predicted octanol–water partition coefficient (Wildman–Crippen LogP) is 3.96. The number of nitrogens with one attached hydrogen (secondary N) is 1. The molecule has 6 nitrogen and oxygen atoms in total. The number of alkyl halides is 3. The summed E-state index contributed by atoms with van der Waals surface area (Å²) in [6.45, 7) is -0.296. The van der Waals surface area contributed by atoms with E-state index in [0.717, 1.165) is 17.0 Å². The fraction of sp³-hybridized carbons (Fsp3) is 0.222. The van der Waals surface area contributed by atoms with Crippen LogP contribution in [0.1, 0.15) is 10.4 Å². The first-order valence-electron chi connectivity index (χ1n) is 7.83. The Morgan fingerprint density at radius 3 is 2.36 bits per heavy atom. The highest BCUT2D eigenvalue weighted by atomic mass is 35.5. The van der Waals surface area contributed by atoms with Crippen LogP contribution in [0, 0.1) is 0 Å². The van der Waals surface area contributed by atoms with Crippen molar-refractivity contribution in [2.24, 2.45) is 0 Å². The van der Waals surface area contributed by atoms with E-state index in [0.29, 0.717) is 10.8 Å². The van der Waals surface area contributed by atoms with Crippen molar-refractivity contribution in [3.63, 3.8) is 0 Å². The summed E-state index contributed by atoms with van der Waals surface area (Å²) in [5, 5.41) is 2.82. The van der Waals surface area contributed by atoms with Gasteiger partial charge in [-0.25, -0.2) is 0 Å². The monoisotopic (exact) mass is 416 g/mol. The molecule has 0 fully saturated rings. The van der Waals surface area contributed by atoms with Gasteiger partial charge in [0.1, 0.15) is 11.5 Å². The predicted molar refractivity (Wildman–Crippen MR) is 96.7 cm³/mol. The summed E-state index contributed by atoms with van der Waals surface area (Å²) in [7, 11) is 2.82. The van der Waals surface area contributed by atoms with Crippen LogP contribution in [0.3, 0.4) is 0 Å². The number of ether oxygens (including phenoxy) is 2. The molecule has 0 saturated carbocycles. The first-order chi connectivity index (χ1) is 13.1. The SMILES string of the molecule is COc1ccc(Cl)cc1C(=O)N(C)CC(=O)Nc1ccc(OC(F)(F)F)cc1. The molecule has 0 saturated heterocycles. The molecule has 2 rings (SSSR count). The molecule has 28 heavy (non-hydrogen) atoms. The molecular formula is C18H16ClF3N2O4. The van der Waals surface area contributed by atoms with Crippen LogP contribution >= 0.6 is 11.6 Å². The number of hydrogen-bond acceptors (Lipinski definition) is 4. The van der Waals surface area contributed by atoms with Gasteiger partial charge in [0, 0.05) is 17.8 Å². The third kappa shape index (κ3) is 6.05. The lowest BCUT2D eigenvalue weighted by Gasteiger charge is -2.18. The van der Waals surface area contributed by atoms with Crippen molar-refractivity contribution in [3.05, 3.63) is 53.1 Å². The molecule has 0 aliphatic heterocycles. The van der Waals surface area contributed by atoms with Crippen molar-refractivity contribution in [3.8, 4) is 11.5 Å². The van der Waals surface area contributed by atoms with Gasteiger partial charge in [-0.3, -0.25) is 9.59 Å². The lowest BCUT2D eigenvalue weighted by Crippen LogP contribution is -2.35. The topological polar surface area (TPSA) is 67.9 Å². The van der Waals surface area contributed by atoms with Crippen molar-refractivity contribution < 1.29 is 32.2 Å². The van der Waals surface area contributed by atoms with Gasteiger partial charge in [0.15, 0.2) is 0 Å². The molecule has 2 aromatic rings. The molecule has 150 valence electrons. The average Bonchev–Trinajstić information content (AvgIpc) is 2.61. The first-order valence-corrected chi connectivity index (χ1v) is 8.21. The Morgan fingerprint density at radius 1 is 1.14 bits per heavy atom. The zero-order valence-corrected chi connectivity index (χ0v) is 15.6. The summed E-state index contributed by atoms with van der Waals surface area (Å²) in [5.74, 6) is -1.13. The van der Waals surface area contributed by atoms with Crippen LogP contribution in [-0.2, 0) is 4.79 Å². The molecule has 10 heteroatoms. The second-order valence-electron chi connectivity index (χ2n) is 5.63. The van der Waals surface area contributed by atoms with Gasteiger partial charge in [0.25, 0.3) is 5.91 Å². The average molecular weight is 417 g/mol. The van der Waals surface area contributed by atoms with E-state index in [1.807, 2.05) is 0 Å². The molecular weight excluding hydrogens is 401 g/mol. The summed E-state index contributed by atoms with van der Waals surface area (Å²) < 4.78 is 45.3. The molecule has 1 N–H and O–H groups in total. The van der Waals surface area contributed by atoms with Gasteiger partial charge in [-0.2, -0.15) is 0 Å². The molecule has 0 atom stereocenters. The minimum atomic E-state index is -4.80. The summed E-state index contributed by atoms with van der Waals surface area (Å²) >= 11 is 5.90. The highest BCUT2D eigenvalue weighted by molar-refractivity contribution is 6.31. The molecule has 0 bridgehead atoms. The Kier molecular flexibility index (Phi) is 6.74. The number of carbonyl (C=O) groups is 2. The largest absolute Gasteiger partial charge is 0.573 e. The minimum Gasteiger partial charge on any atom is -0.496 e. The fourth-order valence-electron chi connectivity index (χ4n) is 2.28. The highest BCUT2D eigenvalue weighted by Crippen LogP contribution is 2.25. The van der Waals surface area contributed by atoms with Crippen molar-refractivity contribution in [2.45, 2.75) is 6.36 Å². The van der Waals surface area contributed by atoms with Crippen LogP contribution in [-0.4, -0.2) is 43.8 Å². The fourth-order valence-corrected chi connectivity index (χ4v) is 2.45. The third-order valence-corrected chi connectivity index (χ3v) is 3.73. The number of amides is 2. The summed E-state index contributed by atoms with van der Waals surface area (Å²) in [4.78, 5) is 25.8. The summed E-state index contributed by atoms with van der Waals surface area (Å²) in [6, 6.07) is 9.16. The van der Waals surface area contributed by atoms with Crippen molar-refractivity contribution in [1.82, 2.24) is 4.90 Å². The Balaban J connectivity index is 1.99. The van der Waals surface area contributed by atoms with Crippen molar-refractivity contribution >= 4 is 29.1 Å². The molecule has 0 aromatic heterocycles. The zero-order chi connectivity index (χ0) is 20.9. The maximum atomic E-state index is 12.5. The van der Waals surface area contributed by atoms with Crippen LogP contribution in [0.15, 0.2) is 42.5 Å². The van der Waals surface area contributed by atoms with Crippen molar-refractivity contribution in [1.29, 1.82) is 0 Å². The second-order valence-corrected chi connectivity index (χ2v) is 6.06. The van der Waals surface area contributed by atoms with Crippen molar-refractivity contribution in [2.75, 3.05) is 26.0 Å². The van der Waals surface area contributed by atoms with Gasteiger partial charge in [-0.05, 0) is 42.5 Å². The van der Waals surface area contributed by atoms with E-state index in [-0.39, 0.29) is 17.8 Å². The number of likely N-dealkylation sites (N-methyl/N-ethyl adjacent to an activating group) is 1. The maximum Gasteiger partial charge on any atom is 0.573 e. The smallest absolute Gasteiger partial charge is 0.496 e.